The average molecular weight is 881 g/mol. The average Bonchev–Trinajstić information content (AvgIpc) is 3.28. The molecule has 0 aromatic rings. The van der Waals surface area contributed by atoms with Crippen LogP contribution in [0.1, 0.15) is 265 Å². The normalized spacial score (nSPS) is 12.5. The summed E-state index contributed by atoms with van der Waals surface area (Å²) >= 11 is 0. The summed E-state index contributed by atoms with van der Waals surface area (Å²) in [5, 5.41) is 0. The third-order valence-electron chi connectivity index (χ3n) is 11.5. The Balaban J connectivity index is 4.37. The summed E-state index contributed by atoms with van der Waals surface area (Å²) < 4.78 is 16.8. The van der Waals surface area contributed by atoms with E-state index in [1.165, 1.54) is 128 Å². The zero-order valence-electron chi connectivity index (χ0n) is 41.6. The van der Waals surface area contributed by atoms with Crippen molar-refractivity contribution in [1.82, 2.24) is 0 Å². The standard InChI is InChI=1S/C57H100O6/c1-4-7-10-13-16-19-22-24-26-28-30-32-35-37-40-43-46-49-55(58)61-52-54(63-57(60)51-48-45-42-39-34-21-18-15-12-9-6-3)53-62-56(59)50-47-44-41-38-36-33-31-29-27-25-23-20-17-14-11-8-5-2/h7,10,16,19,24-27,30,32,54H,4-6,8-9,11-15,17-18,20-23,28-29,31,33-53H2,1-3H3/b10-7-,19-16-,26-24-,27-25-,32-30-/t54-/m1/s1. The number of allylic oxidation sites excluding steroid dienone is 10. The molecule has 6 nitrogen and oxygen atoms in total. The highest BCUT2D eigenvalue weighted by atomic mass is 16.6. The molecule has 0 unspecified atom stereocenters. The third kappa shape index (κ3) is 50.0. The molecular formula is C57H100O6. The highest BCUT2D eigenvalue weighted by molar-refractivity contribution is 5.71. The zero-order valence-corrected chi connectivity index (χ0v) is 41.6. The Kier molecular flexibility index (Phi) is 49.4. The number of hydrogen-bond donors (Lipinski definition) is 0. The molecule has 0 N–H and O–H groups in total. The predicted molar refractivity (Wildman–Crippen MR) is 270 cm³/mol. The molecule has 0 aromatic heterocycles. The summed E-state index contributed by atoms with van der Waals surface area (Å²) in [5.74, 6) is -0.905. The molecule has 0 heterocycles. The number of esters is 3. The molecule has 0 fully saturated rings. The minimum absolute atomic E-state index is 0.0825. The summed E-state index contributed by atoms with van der Waals surface area (Å²) in [6.07, 6.45) is 63.5. The van der Waals surface area contributed by atoms with Crippen LogP contribution in [-0.2, 0) is 28.6 Å². The quantitative estimate of drug-likeness (QED) is 0.0262. The molecule has 6 heteroatoms. The predicted octanol–water partition coefficient (Wildman–Crippen LogP) is 17.6. The lowest BCUT2D eigenvalue weighted by Gasteiger charge is -2.18. The highest BCUT2D eigenvalue weighted by Gasteiger charge is 2.19. The van der Waals surface area contributed by atoms with Crippen LogP contribution < -0.4 is 0 Å². The number of carbonyl (C=O) groups excluding carboxylic acids is 3. The molecule has 63 heavy (non-hydrogen) atoms. The van der Waals surface area contributed by atoms with Gasteiger partial charge in [0, 0.05) is 19.3 Å². The van der Waals surface area contributed by atoms with Gasteiger partial charge in [-0.3, -0.25) is 14.4 Å². The van der Waals surface area contributed by atoms with Gasteiger partial charge >= 0.3 is 17.9 Å². The van der Waals surface area contributed by atoms with Crippen LogP contribution in [0.15, 0.2) is 60.8 Å². The van der Waals surface area contributed by atoms with E-state index in [0.717, 1.165) is 96.3 Å². The molecule has 0 aromatic carbocycles. The van der Waals surface area contributed by atoms with Gasteiger partial charge in [0.05, 0.1) is 0 Å². The van der Waals surface area contributed by atoms with Crippen molar-refractivity contribution in [2.24, 2.45) is 0 Å². The first-order valence-electron chi connectivity index (χ1n) is 26.8. The van der Waals surface area contributed by atoms with E-state index in [9.17, 15) is 14.4 Å². The van der Waals surface area contributed by atoms with E-state index in [1.807, 2.05) is 0 Å². The molecule has 0 saturated heterocycles. The molecule has 0 saturated carbocycles. The van der Waals surface area contributed by atoms with Crippen LogP contribution in [0.25, 0.3) is 0 Å². The fourth-order valence-electron chi connectivity index (χ4n) is 7.49. The molecule has 0 aliphatic heterocycles. The smallest absolute Gasteiger partial charge is 0.306 e. The number of hydrogen-bond acceptors (Lipinski definition) is 6. The molecular weight excluding hydrogens is 781 g/mol. The van der Waals surface area contributed by atoms with Gasteiger partial charge < -0.3 is 14.2 Å². The fourth-order valence-corrected chi connectivity index (χ4v) is 7.49. The van der Waals surface area contributed by atoms with Crippen LogP contribution in [-0.4, -0.2) is 37.2 Å². The second-order valence-electron chi connectivity index (χ2n) is 17.8. The molecule has 1 atom stereocenters. The molecule has 0 rings (SSSR count). The van der Waals surface area contributed by atoms with Crippen molar-refractivity contribution in [1.29, 1.82) is 0 Å². The third-order valence-corrected chi connectivity index (χ3v) is 11.5. The molecule has 0 spiro atoms. The molecule has 0 amide bonds. The Morgan fingerprint density at radius 2 is 0.619 bits per heavy atom. The minimum atomic E-state index is -0.783. The summed E-state index contributed by atoms with van der Waals surface area (Å²) in [5.41, 5.74) is 0. The maximum absolute atomic E-state index is 12.8. The Hall–Kier alpha value is -2.89. The topological polar surface area (TPSA) is 78.9 Å². The first-order chi connectivity index (χ1) is 31.0. The number of rotatable bonds is 48. The van der Waals surface area contributed by atoms with Gasteiger partial charge in [-0.1, -0.05) is 223 Å². The second kappa shape index (κ2) is 51.7. The van der Waals surface area contributed by atoms with Crippen molar-refractivity contribution in [2.45, 2.75) is 271 Å². The van der Waals surface area contributed by atoms with E-state index >= 15 is 0 Å². The van der Waals surface area contributed by atoms with Gasteiger partial charge in [0.15, 0.2) is 6.10 Å². The Morgan fingerprint density at radius 3 is 0.984 bits per heavy atom. The summed E-state index contributed by atoms with van der Waals surface area (Å²) in [7, 11) is 0. The minimum Gasteiger partial charge on any atom is -0.462 e. The molecule has 0 bridgehead atoms. The van der Waals surface area contributed by atoms with E-state index in [0.29, 0.717) is 19.3 Å². The highest BCUT2D eigenvalue weighted by Crippen LogP contribution is 2.15. The van der Waals surface area contributed by atoms with Gasteiger partial charge in [-0.05, 0) is 83.5 Å². The monoisotopic (exact) mass is 881 g/mol. The summed E-state index contributed by atoms with van der Waals surface area (Å²) in [4.78, 5) is 38.0. The van der Waals surface area contributed by atoms with Gasteiger partial charge in [-0.15, -0.1) is 0 Å². The largest absolute Gasteiger partial charge is 0.462 e. The van der Waals surface area contributed by atoms with E-state index in [4.69, 9.17) is 14.2 Å². The van der Waals surface area contributed by atoms with Crippen molar-refractivity contribution < 1.29 is 28.6 Å². The van der Waals surface area contributed by atoms with Gasteiger partial charge in [0.1, 0.15) is 13.2 Å². The lowest BCUT2D eigenvalue weighted by molar-refractivity contribution is -0.167. The molecule has 0 radical (unpaired) electrons. The fraction of sp³-hybridized carbons (Fsp3) is 0.772. The maximum Gasteiger partial charge on any atom is 0.306 e. The number of carbonyl (C=O) groups is 3. The Labute approximate surface area is 390 Å². The van der Waals surface area contributed by atoms with Crippen LogP contribution in [0, 0.1) is 0 Å². The van der Waals surface area contributed by atoms with E-state index < -0.39 is 6.10 Å². The first kappa shape index (κ1) is 60.1. The van der Waals surface area contributed by atoms with Crippen LogP contribution in [0.2, 0.25) is 0 Å². The molecule has 0 aliphatic rings. The molecule has 0 aliphatic carbocycles. The van der Waals surface area contributed by atoms with Crippen molar-refractivity contribution in [3.8, 4) is 0 Å². The van der Waals surface area contributed by atoms with E-state index in [1.54, 1.807) is 0 Å². The number of ether oxygens (including phenoxy) is 3. The Morgan fingerprint density at radius 1 is 0.333 bits per heavy atom. The number of unbranched alkanes of at least 4 members (excludes halogenated alkanes) is 27. The van der Waals surface area contributed by atoms with Gasteiger partial charge in [-0.25, -0.2) is 0 Å². The second-order valence-corrected chi connectivity index (χ2v) is 17.8. The van der Waals surface area contributed by atoms with Crippen LogP contribution in [0.4, 0.5) is 0 Å². The Bertz CT molecular complexity index is 1150. The summed E-state index contributed by atoms with van der Waals surface area (Å²) in [6.45, 7) is 6.50. The zero-order chi connectivity index (χ0) is 45.8. The van der Waals surface area contributed by atoms with Crippen molar-refractivity contribution in [3.63, 3.8) is 0 Å². The van der Waals surface area contributed by atoms with Gasteiger partial charge in [0.25, 0.3) is 0 Å². The maximum atomic E-state index is 12.8. The van der Waals surface area contributed by atoms with Crippen molar-refractivity contribution in [3.05, 3.63) is 60.8 Å². The SMILES string of the molecule is CC/C=C\C/C=C\C/C=C\C/C=C\CCCCCCC(=O)OC[C@H](COC(=O)CCCCCCCCC/C=C\CCCCCCCC)OC(=O)CCCCCCCCCCCCC. The van der Waals surface area contributed by atoms with E-state index in [2.05, 4.69) is 81.5 Å². The van der Waals surface area contributed by atoms with Crippen LogP contribution in [0.3, 0.4) is 0 Å². The van der Waals surface area contributed by atoms with Crippen molar-refractivity contribution in [2.75, 3.05) is 13.2 Å². The van der Waals surface area contributed by atoms with Gasteiger partial charge in [-0.2, -0.15) is 0 Å². The van der Waals surface area contributed by atoms with Gasteiger partial charge in [0.2, 0.25) is 0 Å². The van der Waals surface area contributed by atoms with Crippen LogP contribution in [0.5, 0.6) is 0 Å². The molecule has 364 valence electrons. The first-order valence-corrected chi connectivity index (χ1v) is 26.8. The van der Waals surface area contributed by atoms with E-state index in [-0.39, 0.29) is 31.1 Å². The summed E-state index contributed by atoms with van der Waals surface area (Å²) in [6, 6.07) is 0. The van der Waals surface area contributed by atoms with Crippen molar-refractivity contribution >= 4 is 17.9 Å². The van der Waals surface area contributed by atoms with Crippen LogP contribution >= 0.6 is 0 Å². The lowest BCUT2D eigenvalue weighted by atomic mass is 10.1. The lowest BCUT2D eigenvalue weighted by Crippen LogP contribution is -2.30.